The molecule has 128 valence electrons. The Bertz CT molecular complexity index is 928. The molecule has 2 aromatic heterocycles. The highest BCUT2D eigenvalue weighted by Crippen LogP contribution is 2.23. The Balaban J connectivity index is 1.81. The van der Waals surface area contributed by atoms with E-state index in [1.54, 1.807) is 29.9 Å². The van der Waals surface area contributed by atoms with E-state index in [1.165, 1.54) is 24.5 Å². The quantitative estimate of drug-likeness (QED) is 0.741. The van der Waals surface area contributed by atoms with Crippen molar-refractivity contribution in [3.8, 4) is 11.3 Å². The first kappa shape index (κ1) is 16.4. The van der Waals surface area contributed by atoms with Crippen molar-refractivity contribution in [2.45, 2.75) is 6.42 Å². The van der Waals surface area contributed by atoms with Gasteiger partial charge in [0, 0.05) is 18.7 Å². The van der Waals surface area contributed by atoms with E-state index in [0.29, 0.717) is 11.5 Å². The van der Waals surface area contributed by atoms with Crippen molar-refractivity contribution in [3.63, 3.8) is 0 Å². The van der Waals surface area contributed by atoms with E-state index in [4.69, 9.17) is 10.2 Å². The second-order valence-electron chi connectivity index (χ2n) is 5.40. The number of halogens is 1. The number of amides is 2. The van der Waals surface area contributed by atoms with Crippen LogP contribution >= 0.6 is 0 Å². The first-order valence-electron chi connectivity index (χ1n) is 7.40. The fourth-order valence-electron chi connectivity index (χ4n) is 2.44. The molecule has 8 heteroatoms. The maximum Gasteiger partial charge on any atom is 0.260 e. The van der Waals surface area contributed by atoms with Gasteiger partial charge in [0.25, 0.3) is 5.91 Å². The van der Waals surface area contributed by atoms with Gasteiger partial charge in [-0.15, -0.1) is 0 Å². The number of nitrogens with zero attached hydrogens (tertiary/aromatic N) is 2. The van der Waals surface area contributed by atoms with Crippen LogP contribution in [0.1, 0.15) is 16.1 Å². The predicted octanol–water partition coefficient (Wildman–Crippen LogP) is 2.10. The minimum absolute atomic E-state index is 0.168. The molecule has 0 aliphatic rings. The standard InChI is InChI=1S/C17H15FN4O3/c1-22-13(10-2-4-11(18)5-3-10)8-16(21-22)20-17(24)12-6-7-25-14(12)9-15(19)23/h2-8H,9H2,1H3,(H2,19,23)(H,20,21,24). The molecule has 0 aliphatic carbocycles. The van der Waals surface area contributed by atoms with Crippen LogP contribution in [0.4, 0.5) is 10.2 Å². The smallest absolute Gasteiger partial charge is 0.260 e. The number of nitrogens with two attached hydrogens (primary N) is 1. The van der Waals surface area contributed by atoms with Gasteiger partial charge >= 0.3 is 0 Å². The number of hydrogen-bond acceptors (Lipinski definition) is 4. The van der Waals surface area contributed by atoms with Crippen molar-refractivity contribution in [1.29, 1.82) is 0 Å². The minimum atomic E-state index is -0.597. The van der Waals surface area contributed by atoms with Crippen LogP contribution in [0.25, 0.3) is 11.3 Å². The van der Waals surface area contributed by atoms with Crippen LogP contribution in [0.5, 0.6) is 0 Å². The van der Waals surface area contributed by atoms with E-state index in [2.05, 4.69) is 10.4 Å². The lowest BCUT2D eigenvalue weighted by Crippen LogP contribution is -2.18. The highest BCUT2D eigenvalue weighted by molar-refractivity contribution is 6.05. The average molecular weight is 342 g/mol. The van der Waals surface area contributed by atoms with Gasteiger partial charge in [-0.05, 0) is 30.3 Å². The van der Waals surface area contributed by atoms with Crippen molar-refractivity contribution < 1.29 is 18.4 Å². The van der Waals surface area contributed by atoms with E-state index in [9.17, 15) is 14.0 Å². The molecule has 0 atom stereocenters. The van der Waals surface area contributed by atoms with Crippen molar-refractivity contribution in [3.05, 3.63) is 59.8 Å². The summed E-state index contributed by atoms with van der Waals surface area (Å²) in [4.78, 5) is 23.4. The maximum atomic E-state index is 13.0. The zero-order valence-corrected chi connectivity index (χ0v) is 13.3. The molecule has 2 heterocycles. The molecular formula is C17H15FN4O3. The molecule has 0 radical (unpaired) electrons. The van der Waals surface area contributed by atoms with Crippen molar-refractivity contribution in [2.24, 2.45) is 12.8 Å². The van der Waals surface area contributed by atoms with Gasteiger partial charge in [0.1, 0.15) is 11.6 Å². The molecule has 25 heavy (non-hydrogen) atoms. The normalized spacial score (nSPS) is 10.6. The number of furan rings is 1. The third kappa shape index (κ3) is 3.57. The summed E-state index contributed by atoms with van der Waals surface area (Å²) in [6.07, 6.45) is 1.15. The zero-order valence-electron chi connectivity index (χ0n) is 13.3. The van der Waals surface area contributed by atoms with Crippen LogP contribution in [-0.4, -0.2) is 21.6 Å². The van der Waals surface area contributed by atoms with Crippen LogP contribution in [0, 0.1) is 5.82 Å². The van der Waals surface area contributed by atoms with E-state index in [1.807, 2.05) is 0 Å². The Morgan fingerprint density at radius 2 is 2.00 bits per heavy atom. The van der Waals surface area contributed by atoms with Gasteiger partial charge in [-0.1, -0.05) is 0 Å². The lowest BCUT2D eigenvalue weighted by atomic mass is 10.1. The number of anilines is 1. The topological polar surface area (TPSA) is 103 Å². The molecule has 0 unspecified atom stereocenters. The van der Waals surface area contributed by atoms with E-state index in [0.717, 1.165) is 5.56 Å². The summed E-state index contributed by atoms with van der Waals surface area (Å²) >= 11 is 0. The molecule has 2 amide bonds. The van der Waals surface area contributed by atoms with Crippen molar-refractivity contribution >= 4 is 17.6 Å². The predicted molar refractivity (Wildman–Crippen MR) is 88.2 cm³/mol. The molecule has 0 saturated carbocycles. The van der Waals surface area contributed by atoms with Crippen LogP contribution < -0.4 is 11.1 Å². The largest absolute Gasteiger partial charge is 0.468 e. The van der Waals surface area contributed by atoms with Crippen LogP contribution in [-0.2, 0) is 18.3 Å². The Kier molecular flexibility index (Phi) is 4.34. The van der Waals surface area contributed by atoms with Gasteiger partial charge in [-0.3, -0.25) is 14.3 Å². The molecule has 7 nitrogen and oxygen atoms in total. The number of nitrogens with one attached hydrogen (secondary N) is 1. The lowest BCUT2D eigenvalue weighted by Gasteiger charge is -2.01. The minimum Gasteiger partial charge on any atom is -0.468 e. The summed E-state index contributed by atoms with van der Waals surface area (Å²) in [6, 6.07) is 9.07. The second-order valence-corrected chi connectivity index (χ2v) is 5.40. The Morgan fingerprint density at radius 3 is 2.68 bits per heavy atom. The molecule has 0 spiro atoms. The molecule has 0 aliphatic heterocycles. The number of primary amides is 1. The summed E-state index contributed by atoms with van der Waals surface area (Å²) in [5.41, 5.74) is 6.81. The van der Waals surface area contributed by atoms with Crippen LogP contribution in [0.2, 0.25) is 0 Å². The second kappa shape index (κ2) is 6.60. The van der Waals surface area contributed by atoms with Gasteiger partial charge in [-0.25, -0.2) is 4.39 Å². The molecule has 0 bridgehead atoms. The number of carbonyl (C=O) groups excluding carboxylic acids is 2. The van der Waals surface area contributed by atoms with Gasteiger partial charge in [0.15, 0.2) is 5.82 Å². The summed E-state index contributed by atoms with van der Waals surface area (Å²) < 4.78 is 19.7. The number of aromatic nitrogens is 2. The molecule has 3 N–H and O–H groups in total. The zero-order chi connectivity index (χ0) is 18.0. The molecule has 0 saturated heterocycles. The lowest BCUT2D eigenvalue weighted by molar-refractivity contribution is -0.117. The highest BCUT2D eigenvalue weighted by atomic mass is 19.1. The Morgan fingerprint density at radius 1 is 1.28 bits per heavy atom. The van der Waals surface area contributed by atoms with Crippen LogP contribution in [0.3, 0.4) is 0 Å². The summed E-state index contributed by atoms with van der Waals surface area (Å²) in [6.45, 7) is 0. The van der Waals surface area contributed by atoms with E-state index >= 15 is 0 Å². The third-order valence-corrected chi connectivity index (χ3v) is 3.59. The Hall–Kier alpha value is -3.42. The summed E-state index contributed by atoms with van der Waals surface area (Å²) in [5.74, 6) is -0.881. The fourth-order valence-corrected chi connectivity index (χ4v) is 2.44. The van der Waals surface area contributed by atoms with Crippen molar-refractivity contribution in [2.75, 3.05) is 5.32 Å². The van der Waals surface area contributed by atoms with E-state index in [-0.39, 0.29) is 23.6 Å². The van der Waals surface area contributed by atoms with E-state index < -0.39 is 11.8 Å². The van der Waals surface area contributed by atoms with Gasteiger partial charge in [0.05, 0.1) is 23.9 Å². The molecule has 1 aromatic carbocycles. The fraction of sp³-hybridized carbons (Fsp3) is 0.118. The summed E-state index contributed by atoms with van der Waals surface area (Å²) in [5, 5.41) is 6.86. The first-order valence-corrected chi connectivity index (χ1v) is 7.40. The Labute approximate surface area is 142 Å². The number of aryl methyl sites for hydroxylation is 1. The molecule has 0 fully saturated rings. The SMILES string of the molecule is Cn1nc(NC(=O)c2ccoc2CC(N)=O)cc1-c1ccc(F)cc1. The number of rotatable bonds is 5. The first-order chi connectivity index (χ1) is 11.9. The maximum absolute atomic E-state index is 13.0. The third-order valence-electron chi connectivity index (χ3n) is 3.59. The van der Waals surface area contributed by atoms with Crippen molar-refractivity contribution in [1.82, 2.24) is 9.78 Å². The molecular weight excluding hydrogens is 327 g/mol. The average Bonchev–Trinajstić information content (AvgIpc) is 3.14. The molecule has 3 aromatic rings. The highest BCUT2D eigenvalue weighted by Gasteiger charge is 2.18. The number of hydrogen-bond donors (Lipinski definition) is 2. The number of benzene rings is 1. The van der Waals surface area contributed by atoms with Gasteiger partial charge in [-0.2, -0.15) is 5.10 Å². The number of carbonyl (C=O) groups is 2. The molecule has 3 rings (SSSR count). The van der Waals surface area contributed by atoms with Gasteiger partial charge in [0.2, 0.25) is 5.91 Å². The monoisotopic (exact) mass is 342 g/mol. The van der Waals surface area contributed by atoms with Crippen LogP contribution in [0.15, 0.2) is 47.1 Å². The summed E-state index contributed by atoms with van der Waals surface area (Å²) in [7, 11) is 1.71. The van der Waals surface area contributed by atoms with Gasteiger partial charge < -0.3 is 15.5 Å².